The van der Waals surface area contributed by atoms with Gasteiger partial charge < -0.3 is 28.8 Å². The summed E-state index contributed by atoms with van der Waals surface area (Å²) in [5, 5.41) is 0. The number of nitrogens with two attached hydrogens (primary N) is 2. The average molecular weight is 333 g/mol. The van der Waals surface area contributed by atoms with Crippen LogP contribution in [0.5, 0.6) is 0 Å². The molecule has 1 fully saturated rings. The van der Waals surface area contributed by atoms with E-state index in [1.807, 2.05) is 55.7 Å². The summed E-state index contributed by atoms with van der Waals surface area (Å²) < 4.78 is 2.14. The molecule has 6 heteroatoms. The molecule has 1 amide bonds. The number of pyridine rings is 1. The van der Waals surface area contributed by atoms with Crippen LogP contribution >= 0.6 is 0 Å². The first-order valence-electron chi connectivity index (χ1n) is 7.44. The van der Waals surface area contributed by atoms with Crippen LogP contribution < -0.4 is 33.3 Å². The van der Waals surface area contributed by atoms with Crippen LogP contribution in [0.3, 0.4) is 0 Å². The highest BCUT2D eigenvalue weighted by Crippen LogP contribution is 2.31. The summed E-state index contributed by atoms with van der Waals surface area (Å²) in [6, 6.07) is 11.8. The Morgan fingerprint density at radius 1 is 1.26 bits per heavy atom. The molecule has 2 heterocycles. The van der Waals surface area contributed by atoms with E-state index in [1.54, 1.807) is 0 Å². The number of aryl methyl sites for hydroxylation is 1. The summed E-state index contributed by atoms with van der Waals surface area (Å²) in [6.07, 6.45) is 4.77. The molecule has 0 spiro atoms. The first kappa shape index (κ1) is 17.1. The Bertz CT molecular complexity index is 692. The van der Waals surface area contributed by atoms with Gasteiger partial charge in [-0.15, -0.1) is 0 Å². The van der Waals surface area contributed by atoms with Gasteiger partial charge in [0.1, 0.15) is 6.04 Å². The van der Waals surface area contributed by atoms with Crippen molar-refractivity contribution in [2.24, 2.45) is 5.73 Å². The van der Waals surface area contributed by atoms with Crippen molar-refractivity contribution in [2.75, 3.05) is 17.2 Å². The predicted octanol–water partition coefficient (Wildman–Crippen LogP) is -1.83. The molecule has 1 unspecified atom stereocenters. The third-order valence-electron chi connectivity index (χ3n) is 4.35. The number of benzene rings is 1. The number of aromatic nitrogens is 1. The van der Waals surface area contributed by atoms with E-state index in [9.17, 15) is 4.79 Å². The minimum atomic E-state index is -0.291. The summed E-state index contributed by atoms with van der Waals surface area (Å²) >= 11 is 0. The van der Waals surface area contributed by atoms with Crippen molar-refractivity contribution in [1.29, 1.82) is 0 Å². The zero-order valence-corrected chi connectivity index (χ0v) is 13.8. The molecule has 1 aromatic heterocycles. The number of halogens is 1. The van der Waals surface area contributed by atoms with Crippen LogP contribution in [-0.4, -0.2) is 18.5 Å². The summed E-state index contributed by atoms with van der Waals surface area (Å²) in [5.41, 5.74) is 14.3. The summed E-state index contributed by atoms with van der Waals surface area (Å²) in [6.45, 7) is 2.73. The van der Waals surface area contributed by atoms with Gasteiger partial charge in [0.25, 0.3) is 0 Å². The zero-order valence-electron chi connectivity index (χ0n) is 13.0. The molecule has 1 saturated heterocycles. The maximum absolute atomic E-state index is 11.9. The average Bonchev–Trinajstić information content (AvgIpc) is 2.96. The minimum Gasteiger partial charge on any atom is -1.00 e. The molecule has 3 rings (SSSR count). The SMILES string of the molecule is Cc1cc(N2CC([n+]3ccccc3)C[C@H]2C(N)=O)ccc1N.[Cl-]. The maximum Gasteiger partial charge on any atom is 0.240 e. The first-order chi connectivity index (χ1) is 10.6. The van der Waals surface area contributed by atoms with E-state index in [1.165, 1.54) is 0 Å². The molecule has 0 saturated carbocycles. The Balaban J connectivity index is 0.00000192. The van der Waals surface area contributed by atoms with Gasteiger partial charge in [0.2, 0.25) is 5.91 Å². The lowest BCUT2D eigenvalue weighted by atomic mass is 10.1. The van der Waals surface area contributed by atoms with E-state index in [-0.39, 0.29) is 30.4 Å². The third kappa shape index (κ3) is 3.40. The number of primary amides is 1. The molecule has 5 nitrogen and oxygen atoms in total. The quantitative estimate of drug-likeness (QED) is 0.513. The highest BCUT2D eigenvalue weighted by Gasteiger charge is 2.40. The molecule has 1 aromatic carbocycles. The zero-order chi connectivity index (χ0) is 15.7. The van der Waals surface area contributed by atoms with E-state index in [0.29, 0.717) is 6.42 Å². The molecule has 1 aliphatic rings. The van der Waals surface area contributed by atoms with Gasteiger partial charge in [0.15, 0.2) is 18.4 Å². The van der Waals surface area contributed by atoms with E-state index < -0.39 is 0 Å². The van der Waals surface area contributed by atoms with Crippen molar-refractivity contribution in [3.63, 3.8) is 0 Å². The van der Waals surface area contributed by atoms with Gasteiger partial charge in [-0.05, 0) is 30.7 Å². The normalized spacial score (nSPS) is 20.1. The Kier molecular flexibility index (Phi) is 5.11. The van der Waals surface area contributed by atoms with Crippen LogP contribution in [0.25, 0.3) is 0 Å². The number of nitrogen functional groups attached to an aromatic ring is 1. The second kappa shape index (κ2) is 6.87. The number of amides is 1. The Hall–Kier alpha value is -2.27. The molecule has 122 valence electrons. The van der Waals surface area contributed by atoms with Gasteiger partial charge in [-0.2, -0.15) is 0 Å². The first-order valence-corrected chi connectivity index (χ1v) is 7.44. The largest absolute Gasteiger partial charge is 1.00 e. The second-order valence-corrected chi connectivity index (χ2v) is 5.82. The highest BCUT2D eigenvalue weighted by atomic mass is 35.5. The van der Waals surface area contributed by atoms with E-state index in [0.717, 1.165) is 23.5 Å². The molecule has 0 aliphatic carbocycles. The summed E-state index contributed by atoms with van der Waals surface area (Å²) in [7, 11) is 0. The Morgan fingerprint density at radius 3 is 2.57 bits per heavy atom. The molecule has 23 heavy (non-hydrogen) atoms. The van der Waals surface area contributed by atoms with Gasteiger partial charge >= 0.3 is 0 Å². The number of anilines is 2. The Morgan fingerprint density at radius 2 is 1.96 bits per heavy atom. The minimum absolute atomic E-state index is 0. The van der Waals surface area contributed by atoms with Gasteiger partial charge in [-0.25, -0.2) is 4.57 Å². The van der Waals surface area contributed by atoms with Crippen LogP contribution in [-0.2, 0) is 4.79 Å². The number of hydrogen-bond donors (Lipinski definition) is 2. The molecule has 4 N–H and O–H groups in total. The fourth-order valence-electron chi connectivity index (χ4n) is 3.08. The van der Waals surface area contributed by atoms with Gasteiger partial charge in [0.05, 0.1) is 6.54 Å². The fraction of sp³-hybridized carbons (Fsp3) is 0.294. The third-order valence-corrected chi connectivity index (χ3v) is 4.35. The molecule has 2 aromatic rings. The van der Waals surface area contributed by atoms with Crippen molar-refractivity contribution in [3.05, 3.63) is 54.4 Å². The lowest BCUT2D eigenvalue weighted by molar-refractivity contribution is -0.718. The van der Waals surface area contributed by atoms with Crippen LogP contribution in [0.2, 0.25) is 0 Å². The van der Waals surface area contributed by atoms with Gasteiger partial charge in [-0.1, -0.05) is 6.07 Å². The smallest absolute Gasteiger partial charge is 0.240 e. The molecule has 0 bridgehead atoms. The molecule has 1 aliphatic heterocycles. The van der Waals surface area contributed by atoms with Crippen LogP contribution in [0.15, 0.2) is 48.8 Å². The van der Waals surface area contributed by atoms with Gasteiger partial charge in [-0.3, -0.25) is 4.79 Å². The van der Waals surface area contributed by atoms with Crippen molar-refractivity contribution < 1.29 is 21.8 Å². The van der Waals surface area contributed by atoms with Crippen LogP contribution in [0.4, 0.5) is 11.4 Å². The molecule has 0 radical (unpaired) electrons. The number of carbonyl (C=O) groups is 1. The maximum atomic E-state index is 11.9. The summed E-state index contributed by atoms with van der Waals surface area (Å²) in [4.78, 5) is 13.9. The second-order valence-electron chi connectivity index (χ2n) is 5.82. The molecular formula is C17H21ClN4O. The van der Waals surface area contributed by atoms with Crippen molar-refractivity contribution >= 4 is 17.3 Å². The molecule has 2 atom stereocenters. The lowest BCUT2D eigenvalue weighted by Gasteiger charge is -2.24. The standard InChI is InChI=1S/C17H20N4O.ClH/c1-12-9-13(5-6-15(12)18)21-11-14(10-16(21)17(19)22)20-7-3-2-4-8-20;/h2-9,14,16H,10-11,18H2,1H3,(H-,19,22);1H/t14?,16-;/m0./s1. The van der Waals surface area contributed by atoms with Crippen molar-refractivity contribution in [2.45, 2.75) is 25.4 Å². The van der Waals surface area contributed by atoms with E-state index in [2.05, 4.69) is 9.47 Å². The van der Waals surface area contributed by atoms with E-state index >= 15 is 0 Å². The van der Waals surface area contributed by atoms with Crippen molar-refractivity contribution in [3.8, 4) is 0 Å². The Labute approximate surface area is 142 Å². The lowest BCUT2D eigenvalue weighted by Crippen LogP contribution is -3.00. The number of hydrogen-bond acceptors (Lipinski definition) is 3. The number of nitrogens with zero attached hydrogens (tertiary/aromatic N) is 2. The number of rotatable bonds is 3. The van der Waals surface area contributed by atoms with Crippen LogP contribution in [0, 0.1) is 6.92 Å². The highest BCUT2D eigenvalue weighted by molar-refractivity contribution is 5.84. The molecular weight excluding hydrogens is 312 g/mol. The van der Waals surface area contributed by atoms with Crippen LogP contribution in [0.1, 0.15) is 18.0 Å². The van der Waals surface area contributed by atoms with Gasteiger partial charge in [0, 0.05) is 29.9 Å². The predicted molar refractivity (Wildman–Crippen MR) is 86.2 cm³/mol. The fourth-order valence-corrected chi connectivity index (χ4v) is 3.08. The number of carbonyl (C=O) groups excluding carboxylic acids is 1. The topological polar surface area (TPSA) is 76.2 Å². The van der Waals surface area contributed by atoms with Crippen molar-refractivity contribution in [1.82, 2.24) is 0 Å². The van der Waals surface area contributed by atoms with E-state index in [4.69, 9.17) is 11.5 Å². The monoisotopic (exact) mass is 332 g/mol. The summed E-state index contributed by atoms with van der Waals surface area (Å²) in [5.74, 6) is -0.284.